The summed E-state index contributed by atoms with van der Waals surface area (Å²) in [6, 6.07) is 17.6. The first kappa shape index (κ1) is 21.5. The van der Waals surface area contributed by atoms with E-state index in [1.54, 1.807) is 23.9 Å². The summed E-state index contributed by atoms with van der Waals surface area (Å²) in [6.45, 7) is 2.71. The van der Waals surface area contributed by atoms with Crippen LogP contribution >= 0.6 is 11.8 Å². The van der Waals surface area contributed by atoms with Crippen molar-refractivity contribution in [3.63, 3.8) is 0 Å². The number of carbonyl (C=O) groups excluding carboxylic acids is 1. The topological polar surface area (TPSA) is 58.6 Å². The van der Waals surface area contributed by atoms with Crippen LogP contribution in [0.2, 0.25) is 0 Å². The molecule has 4 nitrogen and oxygen atoms in total. The lowest BCUT2D eigenvalue weighted by atomic mass is 10.0. The fraction of sp³-hybridized carbons (Fsp3) is 0.409. The minimum Gasteiger partial charge on any atom is -0.490 e. The van der Waals surface area contributed by atoms with Gasteiger partial charge in [0, 0.05) is 24.8 Å². The predicted octanol–water partition coefficient (Wildman–Crippen LogP) is 3.58. The van der Waals surface area contributed by atoms with Crippen molar-refractivity contribution in [3.8, 4) is 5.75 Å². The van der Waals surface area contributed by atoms with Gasteiger partial charge in [-0.25, -0.2) is 0 Å². The van der Waals surface area contributed by atoms with Gasteiger partial charge in [-0.1, -0.05) is 42.5 Å². The Morgan fingerprint density at radius 1 is 1.15 bits per heavy atom. The van der Waals surface area contributed by atoms with Gasteiger partial charge in [-0.15, -0.1) is 0 Å². The number of benzene rings is 2. The molecule has 0 radical (unpaired) electrons. The van der Waals surface area contributed by atoms with Crippen LogP contribution in [0.25, 0.3) is 0 Å². The second-order valence-corrected chi connectivity index (χ2v) is 7.55. The van der Waals surface area contributed by atoms with E-state index < -0.39 is 6.10 Å². The number of Topliss-reactive ketones (excluding diaryl/α,β-unsaturated/α-hetero) is 1. The van der Waals surface area contributed by atoms with Crippen molar-refractivity contribution in [1.29, 1.82) is 0 Å². The van der Waals surface area contributed by atoms with Crippen LogP contribution in [-0.2, 0) is 6.42 Å². The summed E-state index contributed by atoms with van der Waals surface area (Å²) in [7, 11) is 0. The van der Waals surface area contributed by atoms with Crippen LogP contribution in [-0.4, -0.2) is 48.2 Å². The lowest BCUT2D eigenvalue weighted by Gasteiger charge is -2.18. The Kier molecular flexibility index (Phi) is 9.39. The zero-order valence-corrected chi connectivity index (χ0v) is 16.9. The Labute approximate surface area is 166 Å². The molecule has 0 aromatic heterocycles. The number of ketones is 1. The molecular formula is C22H29NO3S. The summed E-state index contributed by atoms with van der Waals surface area (Å²) >= 11 is 1.77. The number of carbonyl (C=O) groups is 1. The molecule has 0 fully saturated rings. The molecule has 0 aliphatic heterocycles. The van der Waals surface area contributed by atoms with Crippen LogP contribution in [0.15, 0.2) is 54.6 Å². The number of aliphatic hydroxyl groups excluding tert-OH is 1. The molecule has 5 heteroatoms. The number of ether oxygens (including phenoxy) is 1. The first-order valence-electron chi connectivity index (χ1n) is 9.29. The van der Waals surface area contributed by atoms with Crippen molar-refractivity contribution in [2.45, 2.75) is 31.9 Å². The van der Waals surface area contributed by atoms with E-state index in [1.807, 2.05) is 42.5 Å². The van der Waals surface area contributed by atoms with Crippen LogP contribution in [0, 0.1) is 0 Å². The first-order valence-corrected chi connectivity index (χ1v) is 10.7. The summed E-state index contributed by atoms with van der Waals surface area (Å²) in [4.78, 5) is 12.6. The highest BCUT2D eigenvalue weighted by atomic mass is 32.2. The highest BCUT2D eigenvalue weighted by molar-refractivity contribution is 7.98. The second-order valence-electron chi connectivity index (χ2n) is 6.63. The van der Waals surface area contributed by atoms with Gasteiger partial charge in [0.25, 0.3) is 0 Å². The number of para-hydroxylation sites is 1. The van der Waals surface area contributed by atoms with Crippen molar-refractivity contribution in [1.82, 2.24) is 5.32 Å². The molecule has 2 N–H and O–H groups in total. The molecule has 2 unspecified atom stereocenters. The highest BCUT2D eigenvalue weighted by Gasteiger charge is 2.14. The summed E-state index contributed by atoms with van der Waals surface area (Å²) < 4.78 is 5.75. The molecule has 0 saturated heterocycles. The Morgan fingerprint density at radius 3 is 2.59 bits per heavy atom. The Hall–Kier alpha value is -1.82. The maximum Gasteiger partial charge on any atom is 0.166 e. The number of hydrogen-bond donors (Lipinski definition) is 2. The highest BCUT2D eigenvalue weighted by Crippen LogP contribution is 2.21. The molecule has 2 aromatic carbocycles. The number of thioether (sulfide) groups is 1. The van der Waals surface area contributed by atoms with E-state index in [0.29, 0.717) is 36.7 Å². The lowest BCUT2D eigenvalue weighted by Crippen LogP contribution is -2.37. The zero-order valence-electron chi connectivity index (χ0n) is 16.1. The molecule has 0 spiro atoms. The normalized spacial score (nSPS) is 13.1. The van der Waals surface area contributed by atoms with Gasteiger partial charge in [0.2, 0.25) is 0 Å². The van der Waals surface area contributed by atoms with Crippen LogP contribution in [0.4, 0.5) is 0 Å². The van der Waals surface area contributed by atoms with Crippen molar-refractivity contribution in [2.75, 3.05) is 25.2 Å². The number of hydrogen-bond acceptors (Lipinski definition) is 5. The van der Waals surface area contributed by atoms with Gasteiger partial charge in [-0.05, 0) is 37.3 Å². The van der Waals surface area contributed by atoms with E-state index in [2.05, 4.69) is 18.5 Å². The van der Waals surface area contributed by atoms with Gasteiger partial charge in [0.15, 0.2) is 5.78 Å². The summed E-state index contributed by atoms with van der Waals surface area (Å²) in [5.74, 6) is 1.58. The predicted molar refractivity (Wildman–Crippen MR) is 113 cm³/mol. The second kappa shape index (κ2) is 11.8. The molecule has 0 amide bonds. The van der Waals surface area contributed by atoms with Gasteiger partial charge < -0.3 is 15.2 Å². The van der Waals surface area contributed by atoms with Crippen LogP contribution in [0.5, 0.6) is 5.75 Å². The quantitative estimate of drug-likeness (QED) is 0.545. The van der Waals surface area contributed by atoms with Gasteiger partial charge in [0.05, 0.1) is 5.56 Å². The van der Waals surface area contributed by atoms with Crippen LogP contribution in [0.3, 0.4) is 0 Å². The van der Waals surface area contributed by atoms with Crippen LogP contribution < -0.4 is 10.1 Å². The fourth-order valence-corrected chi connectivity index (χ4v) is 3.37. The summed E-state index contributed by atoms with van der Waals surface area (Å²) in [5.41, 5.74) is 1.72. The van der Waals surface area contributed by atoms with Gasteiger partial charge in [0.1, 0.15) is 18.5 Å². The monoisotopic (exact) mass is 387 g/mol. The molecule has 2 aromatic rings. The fourth-order valence-electron chi connectivity index (χ4n) is 2.75. The minimum atomic E-state index is -0.623. The molecule has 2 rings (SSSR count). The first-order chi connectivity index (χ1) is 13.1. The van der Waals surface area contributed by atoms with Gasteiger partial charge in [-0.2, -0.15) is 11.8 Å². The SMILES string of the molecule is CSCC(C)NCC(O)COc1ccccc1C(=O)CCc1ccccc1. The third-order valence-electron chi connectivity index (χ3n) is 4.22. The number of nitrogens with one attached hydrogen (secondary N) is 1. The van der Waals surface area contributed by atoms with Crippen molar-refractivity contribution in [2.24, 2.45) is 0 Å². The molecule has 146 valence electrons. The van der Waals surface area contributed by atoms with E-state index in [9.17, 15) is 9.90 Å². The van der Waals surface area contributed by atoms with E-state index in [1.165, 1.54) is 0 Å². The Morgan fingerprint density at radius 2 is 1.85 bits per heavy atom. The summed E-state index contributed by atoms with van der Waals surface area (Å²) in [6.07, 6.45) is 2.57. The third kappa shape index (κ3) is 7.75. The smallest absolute Gasteiger partial charge is 0.166 e. The molecule has 0 heterocycles. The van der Waals surface area contributed by atoms with E-state index in [0.717, 1.165) is 11.3 Å². The van der Waals surface area contributed by atoms with E-state index in [-0.39, 0.29) is 12.4 Å². The maximum atomic E-state index is 12.6. The van der Waals surface area contributed by atoms with E-state index >= 15 is 0 Å². The minimum absolute atomic E-state index is 0.0515. The molecule has 0 saturated carbocycles. The summed E-state index contributed by atoms with van der Waals surface area (Å²) in [5, 5.41) is 13.4. The molecule has 27 heavy (non-hydrogen) atoms. The average molecular weight is 388 g/mol. The van der Waals surface area contributed by atoms with E-state index in [4.69, 9.17) is 4.74 Å². The van der Waals surface area contributed by atoms with Crippen molar-refractivity contribution in [3.05, 3.63) is 65.7 Å². The molecular weight excluding hydrogens is 358 g/mol. The van der Waals surface area contributed by atoms with Crippen molar-refractivity contribution >= 4 is 17.5 Å². The lowest BCUT2D eigenvalue weighted by molar-refractivity contribution is 0.0947. The molecule has 2 atom stereocenters. The molecule has 0 aliphatic carbocycles. The Bertz CT molecular complexity index is 693. The number of aryl methyl sites for hydroxylation is 1. The maximum absolute atomic E-state index is 12.6. The zero-order chi connectivity index (χ0) is 19.5. The average Bonchev–Trinajstić information content (AvgIpc) is 2.70. The van der Waals surface area contributed by atoms with Gasteiger partial charge >= 0.3 is 0 Å². The molecule has 0 bridgehead atoms. The van der Waals surface area contributed by atoms with Gasteiger partial charge in [-0.3, -0.25) is 4.79 Å². The standard InChI is InChI=1S/C22H29NO3S/c1-17(16-27-2)23-14-19(24)15-26-22-11-7-6-10-20(22)21(25)13-12-18-8-4-3-5-9-18/h3-11,17,19,23-24H,12-16H2,1-2H3. The molecule has 0 aliphatic rings. The van der Waals surface area contributed by atoms with Crippen LogP contribution in [0.1, 0.15) is 29.3 Å². The largest absolute Gasteiger partial charge is 0.490 e. The Balaban J connectivity index is 1.86. The number of rotatable bonds is 12. The van der Waals surface area contributed by atoms with Crippen molar-refractivity contribution < 1.29 is 14.6 Å². The third-order valence-corrected chi connectivity index (χ3v) is 5.05. The number of aliphatic hydroxyl groups is 1.